The Morgan fingerprint density at radius 1 is 1.35 bits per heavy atom. The van der Waals surface area contributed by atoms with E-state index in [0.29, 0.717) is 13.1 Å². The van der Waals surface area contributed by atoms with E-state index < -0.39 is 0 Å². The van der Waals surface area contributed by atoms with Crippen molar-refractivity contribution in [2.45, 2.75) is 32.7 Å². The van der Waals surface area contributed by atoms with Crippen molar-refractivity contribution in [3.63, 3.8) is 0 Å². The summed E-state index contributed by atoms with van der Waals surface area (Å²) in [5.74, 6) is -0.0269. The molecule has 0 aromatic carbocycles. The molecule has 0 spiro atoms. The van der Waals surface area contributed by atoms with E-state index in [0.717, 1.165) is 19.3 Å². The fourth-order valence-electron chi connectivity index (χ4n) is 2.69. The third-order valence-electron chi connectivity index (χ3n) is 4.47. The second-order valence-electron chi connectivity index (χ2n) is 5.56. The number of hydrogen-bond donors (Lipinski definition) is 1. The molecule has 20 heavy (non-hydrogen) atoms. The number of amides is 1. The molecule has 1 aliphatic heterocycles. The van der Waals surface area contributed by atoms with Crippen LogP contribution in [0.5, 0.6) is 0 Å². The largest absolute Gasteiger partial charge is 0.396 e. The van der Waals surface area contributed by atoms with Crippen LogP contribution < -0.4 is 5.56 Å². The predicted octanol–water partition coefficient (Wildman–Crippen LogP) is 0.859. The highest BCUT2D eigenvalue weighted by atomic mass is 16.3. The summed E-state index contributed by atoms with van der Waals surface area (Å²) in [6.45, 7) is 3.68. The molecule has 110 valence electrons. The Hall–Kier alpha value is -1.62. The van der Waals surface area contributed by atoms with Crippen molar-refractivity contribution in [3.05, 3.63) is 34.7 Å². The van der Waals surface area contributed by atoms with Gasteiger partial charge in [0.25, 0.3) is 5.56 Å². The maximum atomic E-state index is 12.2. The number of aliphatic hydroxyl groups is 1. The lowest BCUT2D eigenvalue weighted by atomic mass is 9.77. The molecule has 1 amide bonds. The Morgan fingerprint density at radius 2 is 2.05 bits per heavy atom. The van der Waals surface area contributed by atoms with Crippen LogP contribution in [0.4, 0.5) is 0 Å². The number of hydrogen-bond acceptors (Lipinski definition) is 3. The molecule has 0 radical (unpaired) electrons. The van der Waals surface area contributed by atoms with Crippen molar-refractivity contribution in [2.24, 2.45) is 5.41 Å². The fraction of sp³-hybridized carbons (Fsp3) is 0.600. The number of pyridine rings is 1. The van der Waals surface area contributed by atoms with Gasteiger partial charge in [0.05, 0.1) is 0 Å². The monoisotopic (exact) mass is 278 g/mol. The molecule has 1 aromatic rings. The van der Waals surface area contributed by atoms with E-state index in [1.54, 1.807) is 23.2 Å². The molecule has 1 aliphatic rings. The van der Waals surface area contributed by atoms with Crippen molar-refractivity contribution >= 4 is 5.91 Å². The lowest BCUT2D eigenvalue weighted by Crippen LogP contribution is -2.46. The topological polar surface area (TPSA) is 62.5 Å². The smallest absolute Gasteiger partial charge is 0.250 e. The summed E-state index contributed by atoms with van der Waals surface area (Å²) in [5.41, 5.74) is -0.184. The van der Waals surface area contributed by atoms with Crippen LogP contribution in [0, 0.1) is 5.41 Å². The zero-order valence-corrected chi connectivity index (χ0v) is 11.9. The number of carbonyl (C=O) groups excluding carboxylic acids is 1. The molecule has 0 unspecified atom stereocenters. The van der Waals surface area contributed by atoms with Gasteiger partial charge in [-0.25, -0.2) is 0 Å². The van der Waals surface area contributed by atoms with Gasteiger partial charge in [-0.3, -0.25) is 9.59 Å². The Morgan fingerprint density at radius 3 is 2.60 bits per heavy atom. The van der Waals surface area contributed by atoms with Crippen molar-refractivity contribution < 1.29 is 9.90 Å². The number of aromatic nitrogens is 1. The zero-order valence-electron chi connectivity index (χ0n) is 11.9. The van der Waals surface area contributed by atoms with Crippen LogP contribution in [0.2, 0.25) is 0 Å². The third kappa shape index (κ3) is 3.10. The van der Waals surface area contributed by atoms with E-state index in [1.165, 1.54) is 10.6 Å². The SMILES string of the molecule is CCC1(CO)CCN(C(=O)Cn2ccccc2=O)CC1. The molecule has 5 heteroatoms. The fourth-order valence-corrected chi connectivity index (χ4v) is 2.69. The predicted molar refractivity (Wildman–Crippen MR) is 76.3 cm³/mol. The molecular formula is C15H22N2O3. The molecule has 1 saturated heterocycles. The van der Waals surface area contributed by atoms with Gasteiger partial charge in [0.1, 0.15) is 6.54 Å². The first-order valence-corrected chi connectivity index (χ1v) is 7.14. The molecule has 0 aliphatic carbocycles. The van der Waals surface area contributed by atoms with Crippen LogP contribution in [0.3, 0.4) is 0 Å². The van der Waals surface area contributed by atoms with Crippen LogP contribution in [0.1, 0.15) is 26.2 Å². The first kappa shape index (κ1) is 14.8. The molecule has 1 N–H and O–H groups in total. The van der Waals surface area contributed by atoms with Crippen molar-refractivity contribution in [3.8, 4) is 0 Å². The van der Waals surface area contributed by atoms with E-state index in [1.807, 2.05) is 0 Å². The van der Waals surface area contributed by atoms with Crippen LogP contribution >= 0.6 is 0 Å². The molecular weight excluding hydrogens is 256 g/mol. The van der Waals surface area contributed by atoms with E-state index in [4.69, 9.17) is 0 Å². The van der Waals surface area contributed by atoms with Gasteiger partial charge >= 0.3 is 0 Å². The lowest BCUT2D eigenvalue weighted by Gasteiger charge is -2.40. The van der Waals surface area contributed by atoms with Gasteiger partial charge in [-0.2, -0.15) is 0 Å². The lowest BCUT2D eigenvalue weighted by molar-refractivity contribution is -0.134. The molecule has 0 saturated carbocycles. The molecule has 2 rings (SSSR count). The van der Waals surface area contributed by atoms with E-state index in [2.05, 4.69) is 6.92 Å². The molecule has 0 atom stereocenters. The number of likely N-dealkylation sites (tertiary alicyclic amines) is 1. The summed E-state index contributed by atoms with van der Waals surface area (Å²) < 4.78 is 1.43. The van der Waals surface area contributed by atoms with E-state index in [9.17, 15) is 14.7 Å². The highest BCUT2D eigenvalue weighted by Gasteiger charge is 2.33. The minimum Gasteiger partial charge on any atom is -0.396 e. The average molecular weight is 278 g/mol. The second-order valence-corrected chi connectivity index (χ2v) is 5.56. The summed E-state index contributed by atoms with van der Waals surface area (Å²) in [7, 11) is 0. The number of rotatable bonds is 4. The van der Waals surface area contributed by atoms with Gasteiger partial charge in [-0.15, -0.1) is 0 Å². The summed E-state index contributed by atoms with van der Waals surface area (Å²) in [5, 5.41) is 9.49. The van der Waals surface area contributed by atoms with Crippen LogP contribution in [-0.2, 0) is 11.3 Å². The Labute approximate surface area is 118 Å². The molecule has 5 nitrogen and oxygen atoms in total. The van der Waals surface area contributed by atoms with E-state index >= 15 is 0 Å². The number of piperidine rings is 1. The summed E-state index contributed by atoms with van der Waals surface area (Å²) in [6.07, 6.45) is 4.22. The minimum absolute atomic E-state index is 0.0269. The quantitative estimate of drug-likeness (QED) is 0.888. The van der Waals surface area contributed by atoms with Gasteiger partial charge in [-0.05, 0) is 30.7 Å². The molecule has 0 bridgehead atoms. The molecule has 1 fully saturated rings. The standard InChI is InChI=1S/C15H22N2O3/c1-2-15(12-18)6-9-16(10-7-15)14(20)11-17-8-4-3-5-13(17)19/h3-5,8,18H,2,6-7,9-12H2,1H3. The summed E-state index contributed by atoms with van der Waals surface area (Å²) in [4.78, 5) is 25.6. The maximum Gasteiger partial charge on any atom is 0.250 e. The second kappa shape index (κ2) is 6.22. The third-order valence-corrected chi connectivity index (χ3v) is 4.47. The Balaban J connectivity index is 1.96. The number of nitrogens with zero attached hydrogens (tertiary/aromatic N) is 2. The van der Waals surface area contributed by atoms with Crippen molar-refractivity contribution in [1.82, 2.24) is 9.47 Å². The van der Waals surface area contributed by atoms with Gasteiger partial charge < -0.3 is 14.6 Å². The first-order chi connectivity index (χ1) is 9.60. The number of carbonyl (C=O) groups is 1. The molecule has 2 heterocycles. The first-order valence-electron chi connectivity index (χ1n) is 7.14. The number of aliphatic hydroxyl groups excluding tert-OH is 1. The van der Waals surface area contributed by atoms with Gasteiger partial charge in [0.2, 0.25) is 5.91 Å². The van der Waals surface area contributed by atoms with Gasteiger partial charge in [0.15, 0.2) is 0 Å². The zero-order chi connectivity index (χ0) is 14.6. The van der Waals surface area contributed by atoms with Crippen molar-refractivity contribution in [2.75, 3.05) is 19.7 Å². The summed E-state index contributed by atoms with van der Waals surface area (Å²) >= 11 is 0. The average Bonchev–Trinajstić information content (AvgIpc) is 2.49. The van der Waals surface area contributed by atoms with E-state index in [-0.39, 0.29) is 30.0 Å². The van der Waals surface area contributed by atoms with Crippen LogP contribution in [-0.4, -0.2) is 40.2 Å². The van der Waals surface area contributed by atoms with Gasteiger partial charge in [0, 0.05) is 32.0 Å². The Kier molecular flexibility index (Phi) is 4.60. The van der Waals surface area contributed by atoms with Crippen LogP contribution in [0.25, 0.3) is 0 Å². The van der Waals surface area contributed by atoms with Gasteiger partial charge in [-0.1, -0.05) is 13.0 Å². The minimum atomic E-state index is -0.156. The normalized spacial score (nSPS) is 18.0. The summed E-state index contributed by atoms with van der Waals surface area (Å²) in [6, 6.07) is 4.87. The highest BCUT2D eigenvalue weighted by molar-refractivity contribution is 5.76. The van der Waals surface area contributed by atoms with Crippen molar-refractivity contribution in [1.29, 1.82) is 0 Å². The maximum absolute atomic E-state index is 12.2. The van der Waals surface area contributed by atoms with Crippen LogP contribution in [0.15, 0.2) is 29.2 Å². The highest BCUT2D eigenvalue weighted by Crippen LogP contribution is 2.34. The molecule has 1 aromatic heterocycles. The Bertz CT molecular complexity index is 510.